The van der Waals surface area contributed by atoms with Crippen molar-refractivity contribution in [2.75, 3.05) is 0 Å². The number of cyclic esters (lactones) is 1. The van der Waals surface area contributed by atoms with E-state index in [9.17, 15) is 14.4 Å². The first-order valence-electron chi connectivity index (χ1n) is 8.12. The predicted octanol–water partition coefficient (Wildman–Crippen LogP) is 1.98. The highest BCUT2D eigenvalue weighted by atomic mass is 16.6. The van der Waals surface area contributed by atoms with Crippen LogP contribution < -0.4 is 5.32 Å². The Labute approximate surface area is 137 Å². The van der Waals surface area contributed by atoms with Crippen LogP contribution in [0.25, 0.3) is 0 Å². The summed E-state index contributed by atoms with van der Waals surface area (Å²) in [6.07, 6.45) is 5.82. The number of amides is 1. The van der Waals surface area contributed by atoms with Crippen molar-refractivity contribution in [3.8, 4) is 0 Å². The van der Waals surface area contributed by atoms with Crippen LogP contribution in [0, 0.1) is 11.8 Å². The molecule has 23 heavy (non-hydrogen) atoms. The van der Waals surface area contributed by atoms with E-state index in [-0.39, 0.29) is 30.0 Å². The molecule has 6 heteroatoms. The summed E-state index contributed by atoms with van der Waals surface area (Å²) in [4.78, 5) is 34.1. The Balaban J connectivity index is 2.64. The maximum atomic E-state index is 12.3. The molecule has 0 radical (unpaired) electrons. The SMILES string of the molecule is CC=CCC[C@@H](C[C@@H]1OC(=O)[C@H]1C)OC(=O)[C@@H](NC=O)C(C)C. The van der Waals surface area contributed by atoms with Gasteiger partial charge in [0.25, 0.3) is 0 Å². The van der Waals surface area contributed by atoms with Crippen LogP contribution in [-0.2, 0) is 23.9 Å². The second-order valence-electron chi connectivity index (χ2n) is 6.21. The lowest BCUT2D eigenvalue weighted by Gasteiger charge is -2.35. The van der Waals surface area contributed by atoms with Gasteiger partial charge in [-0.1, -0.05) is 26.0 Å². The van der Waals surface area contributed by atoms with Crippen LogP contribution >= 0.6 is 0 Å². The lowest BCUT2D eigenvalue weighted by molar-refractivity contribution is -0.187. The highest BCUT2D eigenvalue weighted by molar-refractivity contribution is 5.79. The largest absolute Gasteiger partial charge is 0.461 e. The van der Waals surface area contributed by atoms with Gasteiger partial charge in [-0.3, -0.25) is 9.59 Å². The molecule has 4 atom stereocenters. The zero-order valence-electron chi connectivity index (χ0n) is 14.3. The Bertz CT molecular complexity index is 446. The number of carbonyl (C=O) groups is 3. The minimum Gasteiger partial charge on any atom is -0.461 e. The molecular formula is C17H27NO5. The molecule has 0 saturated carbocycles. The molecule has 1 fully saturated rings. The fourth-order valence-corrected chi connectivity index (χ4v) is 2.47. The number of esters is 2. The van der Waals surface area contributed by atoms with Crippen molar-refractivity contribution in [1.82, 2.24) is 5.32 Å². The Morgan fingerprint density at radius 3 is 2.61 bits per heavy atom. The topological polar surface area (TPSA) is 81.7 Å². The Hall–Kier alpha value is -1.85. The molecular weight excluding hydrogens is 298 g/mol. The van der Waals surface area contributed by atoms with Gasteiger partial charge in [0.1, 0.15) is 18.2 Å². The molecule has 1 amide bonds. The maximum Gasteiger partial charge on any atom is 0.329 e. The summed E-state index contributed by atoms with van der Waals surface area (Å²) in [6, 6.07) is -0.668. The number of allylic oxidation sites excluding steroid dienone is 2. The smallest absolute Gasteiger partial charge is 0.329 e. The zero-order valence-corrected chi connectivity index (χ0v) is 14.3. The molecule has 1 rings (SSSR count). The van der Waals surface area contributed by atoms with Crippen molar-refractivity contribution in [3.63, 3.8) is 0 Å². The van der Waals surface area contributed by atoms with E-state index >= 15 is 0 Å². The average Bonchev–Trinajstić information content (AvgIpc) is 2.51. The van der Waals surface area contributed by atoms with Gasteiger partial charge in [-0.2, -0.15) is 0 Å². The molecule has 1 saturated heterocycles. The van der Waals surface area contributed by atoms with E-state index in [1.54, 1.807) is 0 Å². The Morgan fingerprint density at radius 2 is 2.13 bits per heavy atom. The third kappa shape index (κ3) is 5.69. The van der Waals surface area contributed by atoms with E-state index in [2.05, 4.69) is 5.32 Å². The highest BCUT2D eigenvalue weighted by Gasteiger charge is 2.40. The van der Waals surface area contributed by atoms with E-state index in [1.807, 2.05) is 39.8 Å². The monoisotopic (exact) mass is 325 g/mol. The molecule has 0 aromatic carbocycles. The van der Waals surface area contributed by atoms with Crippen molar-refractivity contribution in [1.29, 1.82) is 0 Å². The number of ether oxygens (including phenoxy) is 2. The van der Waals surface area contributed by atoms with Crippen molar-refractivity contribution in [3.05, 3.63) is 12.2 Å². The van der Waals surface area contributed by atoms with Gasteiger partial charge in [0, 0.05) is 6.42 Å². The van der Waals surface area contributed by atoms with E-state index < -0.39 is 12.0 Å². The minimum absolute atomic E-state index is 0.0654. The molecule has 1 N–H and O–H groups in total. The molecule has 0 aliphatic carbocycles. The molecule has 0 bridgehead atoms. The van der Waals surface area contributed by atoms with Gasteiger partial charge in [0.05, 0.1) is 5.92 Å². The van der Waals surface area contributed by atoms with Crippen LogP contribution in [0.4, 0.5) is 0 Å². The first-order valence-corrected chi connectivity index (χ1v) is 8.12. The summed E-state index contributed by atoms with van der Waals surface area (Å²) in [5.74, 6) is -0.886. The third-order valence-corrected chi connectivity index (χ3v) is 4.03. The van der Waals surface area contributed by atoms with Gasteiger partial charge in [-0.25, -0.2) is 4.79 Å². The van der Waals surface area contributed by atoms with Crippen molar-refractivity contribution in [2.45, 2.75) is 65.2 Å². The van der Waals surface area contributed by atoms with Gasteiger partial charge in [-0.05, 0) is 32.6 Å². The van der Waals surface area contributed by atoms with Crippen LogP contribution in [-0.4, -0.2) is 36.6 Å². The van der Waals surface area contributed by atoms with Crippen LogP contribution in [0.3, 0.4) is 0 Å². The standard InChI is InChI=1S/C17H27NO5/c1-5-6-7-8-13(9-14-12(4)16(20)23-14)22-17(21)15(11(2)3)18-10-19/h5-6,10-15H,7-9H2,1-4H3,(H,18,19)/t12-,13-,14-,15-/m0/s1. The molecule has 1 heterocycles. The van der Waals surface area contributed by atoms with Crippen LogP contribution in [0.15, 0.2) is 12.2 Å². The summed E-state index contributed by atoms with van der Waals surface area (Å²) >= 11 is 0. The normalized spacial score (nSPS) is 23.1. The van der Waals surface area contributed by atoms with Crippen LogP contribution in [0.5, 0.6) is 0 Å². The lowest BCUT2D eigenvalue weighted by Crippen LogP contribution is -2.47. The van der Waals surface area contributed by atoms with Crippen LogP contribution in [0.1, 0.15) is 47.0 Å². The first kappa shape index (κ1) is 19.2. The van der Waals surface area contributed by atoms with Crippen molar-refractivity contribution >= 4 is 18.3 Å². The summed E-state index contributed by atoms with van der Waals surface area (Å²) in [5, 5.41) is 2.50. The fraction of sp³-hybridized carbons (Fsp3) is 0.706. The number of nitrogens with one attached hydrogen (secondary N) is 1. The summed E-state index contributed by atoms with van der Waals surface area (Å²) < 4.78 is 10.7. The van der Waals surface area contributed by atoms with Crippen LogP contribution in [0.2, 0.25) is 0 Å². The Kier molecular flexibility index (Phi) is 7.78. The average molecular weight is 325 g/mol. The quantitative estimate of drug-likeness (QED) is 0.377. The van der Waals surface area contributed by atoms with Crippen molar-refractivity contribution in [2.24, 2.45) is 11.8 Å². The van der Waals surface area contributed by atoms with Gasteiger partial charge in [0.2, 0.25) is 6.41 Å². The van der Waals surface area contributed by atoms with Crippen molar-refractivity contribution < 1.29 is 23.9 Å². The number of hydrogen-bond donors (Lipinski definition) is 1. The molecule has 0 spiro atoms. The molecule has 130 valence electrons. The summed E-state index contributed by atoms with van der Waals surface area (Å²) in [7, 11) is 0. The molecule has 0 unspecified atom stereocenters. The molecule has 0 aromatic heterocycles. The highest BCUT2D eigenvalue weighted by Crippen LogP contribution is 2.28. The maximum absolute atomic E-state index is 12.3. The first-order chi connectivity index (χ1) is 10.9. The Morgan fingerprint density at radius 1 is 1.43 bits per heavy atom. The van der Waals surface area contributed by atoms with E-state index in [1.165, 1.54) is 0 Å². The van der Waals surface area contributed by atoms with E-state index in [4.69, 9.17) is 9.47 Å². The third-order valence-electron chi connectivity index (χ3n) is 4.03. The van der Waals surface area contributed by atoms with Gasteiger partial charge in [-0.15, -0.1) is 0 Å². The van der Waals surface area contributed by atoms with E-state index in [0.717, 1.165) is 6.42 Å². The fourth-order valence-electron chi connectivity index (χ4n) is 2.47. The summed E-state index contributed by atoms with van der Waals surface area (Å²) in [5.41, 5.74) is 0. The number of rotatable bonds is 10. The van der Waals surface area contributed by atoms with Gasteiger partial charge in [0.15, 0.2) is 0 Å². The second-order valence-corrected chi connectivity index (χ2v) is 6.21. The van der Waals surface area contributed by atoms with Gasteiger partial charge >= 0.3 is 11.9 Å². The number of hydrogen-bond acceptors (Lipinski definition) is 5. The minimum atomic E-state index is -0.668. The molecule has 6 nitrogen and oxygen atoms in total. The molecule has 1 aliphatic heterocycles. The second kappa shape index (κ2) is 9.33. The summed E-state index contributed by atoms with van der Waals surface area (Å²) in [6.45, 7) is 7.42. The number of carbonyl (C=O) groups excluding carboxylic acids is 3. The predicted molar refractivity (Wildman–Crippen MR) is 85.4 cm³/mol. The van der Waals surface area contributed by atoms with Gasteiger partial charge < -0.3 is 14.8 Å². The molecule has 1 aliphatic rings. The van der Waals surface area contributed by atoms with E-state index in [0.29, 0.717) is 19.3 Å². The lowest BCUT2D eigenvalue weighted by atomic mass is 9.92. The zero-order chi connectivity index (χ0) is 17.4. The molecule has 0 aromatic rings.